The molecule has 76 valence electrons. The second-order valence-electron chi connectivity index (χ2n) is 3.79. The minimum absolute atomic E-state index is 0.330. The van der Waals surface area contributed by atoms with Crippen molar-refractivity contribution in [1.29, 1.82) is 0 Å². The molecule has 0 aromatic heterocycles. The van der Waals surface area contributed by atoms with Crippen LogP contribution >= 0.6 is 0 Å². The highest BCUT2D eigenvalue weighted by atomic mass is 16.6. The van der Waals surface area contributed by atoms with Crippen LogP contribution in [0.3, 0.4) is 0 Å². The second-order valence-corrected chi connectivity index (χ2v) is 3.79. The van der Waals surface area contributed by atoms with E-state index in [0.717, 1.165) is 12.4 Å². The maximum Gasteiger partial charge on any atom is 0.119 e. The number of fused-ring (bicyclic) bond motifs is 1. The average Bonchev–Trinajstić information content (AvgIpc) is 3.11. The Balaban J connectivity index is 2.11. The van der Waals surface area contributed by atoms with E-state index in [1.54, 1.807) is 7.11 Å². The Morgan fingerprint density at radius 1 is 1.13 bits per heavy atom. The summed E-state index contributed by atoms with van der Waals surface area (Å²) in [5, 5.41) is 2.45. The zero-order valence-corrected chi connectivity index (χ0v) is 8.57. The van der Waals surface area contributed by atoms with E-state index in [1.807, 2.05) is 12.1 Å². The topological polar surface area (TPSA) is 21.8 Å². The standard InChI is InChI=1S/C13H12O2/c1-14-12-5-4-9-6-11(13-8-15-13)3-2-10(9)7-12/h2-7,13H,8H2,1H3. The van der Waals surface area contributed by atoms with Gasteiger partial charge in [-0.15, -0.1) is 0 Å². The highest BCUT2D eigenvalue weighted by Gasteiger charge is 2.24. The zero-order chi connectivity index (χ0) is 10.3. The summed E-state index contributed by atoms with van der Waals surface area (Å²) >= 11 is 0. The Kier molecular flexibility index (Phi) is 1.89. The van der Waals surface area contributed by atoms with E-state index in [0.29, 0.717) is 6.10 Å². The van der Waals surface area contributed by atoms with Gasteiger partial charge in [0.15, 0.2) is 0 Å². The zero-order valence-electron chi connectivity index (χ0n) is 8.57. The number of methoxy groups -OCH3 is 1. The van der Waals surface area contributed by atoms with Gasteiger partial charge < -0.3 is 9.47 Å². The Hall–Kier alpha value is -1.54. The molecule has 2 nitrogen and oxygen atoms in total. The van der Waals surface area contributed by atoms with Crippen molar-refractivity contribution >= 4 is 10.8 Å². The van der Waals surface area contributed by atoms with E-state index in [-0.39, 0.29) is 0 Å². The summed E-state index contributed by atoms with van der Waals surface area (Å²) in [5.41, 5.74) is 1.27. The molecule has 1 heterocycles. The maximum atomic E-state index is 5.26. The van der Waals surface area contributed by atoms with Crippen molar-refractivity contribution in [1.82, 2.24) is 0 Å². The molecule has 2 aromatic rings. The first-order chi connectivity index (χ1) is 7.36. The van der Waals surface area contributed by atoms with Crippen molar-refractivity contribution in [3.05, 3.63) is 42.0 Å². The molecule has 0 bridgehead atoms. The van der Waals surface area contributed by atoms with Crippen LogP contribution in [0.1, 0.15) is 11.7 Å². The monoisotopic (exact) mass is 200 g/mol. The van der Waals surface area contributed by atoms with Crippen LogP contribution in [0.2, 0.25) is 0 Å². The van der Waals surface area contributed by atoms with Crippen LogP contribution in [0.4, 0.5) is 0 Å². The summed E-state index contributed by atoms with van der Waals surface area (Å²) < 4.78 is 10.5. The molecule has 2 heteroatoms. The van der Waals surface area contributed by atoms with Crippen LogP contribution in [-0.4, -0.2) is 13.7 Å². The van der Waals surface area contributed by atoms with Crippen molar-refractivity contribution in [3.63, 3.8) is 0 Å². The predicted octanol–water partition coefficient (Wildman–Crippen LogP) is 2.92. The summed E-state index contributed by atoms with van der Waals surface area (Å²) in [6.45, 7) is 0.863. The van der Waals surface area contributed by atoms with Crippen molar-refractivity contribution in [2.24, 2.45) is 0 Å². The van der Waals surface area contributed by atoms with Crippen molar-refractivity contribution in [2.45, 2.75) is 6.10 Å². The molecule has 1 saturated heterocycles. The molecule has 0 amide bonds. The SMILES string of the molecule is COc1ccc2cc(C3CO3)ccc2c1. The van der Waals surface area contributed by atoms with Crippen LogP contribution in [0.25, 0.3) is 10.8 Å². The largest absolute Gasteiger partial charge is 0.497 e. The summed E-state index contributed by atoms with van der Waals surface area (Å²) in [5.74, 6) is 0.901. The number of benzene rings is 2. The fraction of sp³-hybridized carbons (Fsp3) is 0.231. The summed E-state index contributed by atoms with van der Waals surface area (Å²) in [7, 11) is 1.69. The third-order valence-corrected chi connectivity index (χ3v) is 2.78. The lowest BCUT2D eigenvalue weighted by molar-refractivity contribution is 0.415. The average molecular weight is 200 g/mol. The molecule has 0 radical (unpaired) electrons. The molecule has 15 heavy (non-hydrogen) atoms. The molecule has 2 aromatic carbocycles. The molecule has 0 N–H and O–H groups in total. The van der Waals surface area contributed by atoms with Gasteiger partial charge in [-0.25, -0.2) is 0 Å². The third-order valence-electron chi connectivity index (χ3n) is 2.78. The normalized spacial score (nSPS) is 19.1. The highest BCUT2D eigenvalue weighted by molar-refractivity contribution is 5.84. The second kappa shape index (κ2) is 3.24. The van der Waals surface area contributed by atoms with E-state index in [9.17, 15) is 0 Å². The van der Waals surface area contributed by atoms with Crippen molar-refractivity contribution in [3.8, 4) is 5.75 Å². The Bertz CT molecular complexity index is 501. The maximum absolute atomic E-state index is 5.26. The minimum Gasteiger partial charge on any atom is -0.497 e. The van der Waals surface area contributed by atoms with Gasteiger partial charge in [-0.05, 0) is 34.5 Å². The number of hydrogen-bond acceptors (Lipinski definition) is 2. The van der Waals surface area contributed by atoms with Gasteiger partial charge in [0.2, 0.25) is 0 Å². The molecule has 1 fully saturated rings. The number of rotatable bonds is 2. The van der Waals surface area contributed by atoms with E-state index in [1.165, 1.54) is 16.3 Å². The number of epoxide rings is 1. The Labute approximate surface area is 88.4 Å². The van der Waals surface area contributed by atoms with Gasteiger partial charge in [-0.2, -0.15) is 0 Å². The molecule has 1 aliphatic heterocycles. The first-order valence-electron chi connectivity index (χ1n) is 5.06. The fourth-order valence-electron chi connectivity index (χ4n) is 1.81. The van der Waals surface area contributed by atoms with Crippen LogP contribution in [-0.2, 0) is 4.74 Å². The minimum atomic E-state index is 0.330. The molecule has 1 atom stereocenters. The Morgan fingerprint density at radius 3 is 2.60 bits per heavy atom. The van der Waals surface area contributed by atoms with Crippen LogP contribution in [0.15, 0.2) is 36.4 Å². The van der Waals surface area contributed by atoms with E-state index in [4.69, 9.17) is 9.47 Å². The lowest BCUT2D eigenvalue weighted by Gasteiger charge is -2.03. The number of ether oxygens (including phenoxy) is 2. The van der Waals surface area contributed by atoms with Gasteiger partial charge in [-0.1, -0.05) is 18.2 Å². The van der Waals surface area contributed by atoms with E-state index >= 15 is 0 Å². The highest BCUT2D eigenvalue weighted by Crippen LogP contribution is 2.32. The number of hydrogen-bond donors (Lipinski definition) is 0. The van der Waals surface area contributed by atoms with Gasteiger partial charge in [0, 0.05) is 0 Å². The third kappa shape index (κ3) is 1.57. The first-order valence-corrected chi connectivity index (χ1v) is 5.06. The smallest absolute Gasteiger partial charge is 0.119 e. The Morgan fingerprint density at radius 2 is 1.87 bits per heavy atom. The van der Waals surface area contributed by atoms with Crippen molar-refractivity contribution in [2.75, 3.05) is 13.7 Å². The molecule has 1 unspecified atom stereocenters. The fourth-order valence-corrected chi connectivity index (χ4v) is 1.81. The van der Waals surface area contributed by atoms with Gasteiger partial charge in [-0.3, -0.25) is 0 Å². The molecular formula is C13H12O2. The molecule has 1 aliphatic rings. The lowest BCUT2D eigenvalue weighted by atomic mass is 10.1. The molecule has 0 aliphatic carbocycles. The predicted molar refractivity (Wildman–Crippen MR) is 59.2 cm³/mol. The first kappa shape index (κ1) is 8.74. The van der Waals surface area contributed by atoms with Gasteiger partial charge in [0.05, 0.1) is 13.7 Å². The summed E-state index contributed by atoms with van der Waals surface area (Å²) in [4.78, 5) is 0. The van der Waals surface area contributed by atoms with Gasteiger partial charge in [0.1, 0.15) is 11.9 Å². The molecule has 0 saturated carbocycles. The van der Waals surface area contributed by atoms with Crippen molar-refractivity contribution < 1.29 is 9.47 Å². The molecule has 0 spiro atoms. The van der Waals surface area contributed by atoms with Gasteiger partial charge >= 0.3 is 0 Å². The molecule has 3 rings (SSSR count). The summed E-state index contributed by atoms with van der Waals surface area (Å²) in [6.07, 6.45) is 0.330. The summed E-state index contributed by atoms with van der Waals surface area (Å²) in [6, 6.07) is 12.5. The lowest BCUT2D eigenvalue weighted by Crippen LogP contribution is -1.84. The van der Waals surface area contributed by atoms with E-state index < -0.39 is 0 Å². The quantitative estimate of drug-likeness (QED) is 0.695. The van der Waals surface area contributed by atoms with Crippen LogP contribution in [0, 0.1) is 0 Å². The van der Waals surface area contributed by atoms with Crippen LogP contribution < -0.4 is 4.74 Å². The van der Waals surface area contributed by atoms with E-state index in [2.05, 4.69) is 24.3 Å². The molecular weight excluding hydrogens is 188 g/mol. The van der Waals surface area contributed by atoms with Gasteiger partial charge in [0.25, 0.3) is 0 Å². The van der Waals surface area contributed by atoms with Crippen LogP contribution in [0.5, 0.6) is 5.75 Å².